The first kappa shape index (κ1) is 7.88. The van der Waals surface area contributed by atoms with E-state index in [9.17, 15) is 0 Å². The van der Waals surface area contributed by atoms with Gasteiger partial charge in [0.25, 0.3) is 0 Å². The Bertz CT molecular complexity index is 276. The van der Waals surface area contributed by atoms with Gasteiger partial charge in [-0.05, 0) is 29.7 Å². The molecule has 55 valence electrons. The third kappa shape index (κ3) is 1.85. The van der Waals surface area contributed by atoms with Crippen LogP contribution in [0.5, 0.6) is 0 Å². The van der Waals surface area contributed by atoms with Crippen molar-refractivity contribution in [3.8, 4) is 12.3 Å². The molecule has 1 aromatic carbocycles. The van der Waals surface area contributed by atoms with Gasteiger partial charge >= 0.3 is 0 Å². The molecule has 11 heavy (non-hydrogen) atoms. The Morgan fingerprint density at radius 3 is 2.73 bits per heavy atom. The van der Waals surface area contributed by atoms with Gasteiger partial charge in [0.2, 0.25) is 0 Å². The first-order chi connectivity index (χ1) is 5.24. The van der Waals surface area contributed by atoms with Gasteiger partial charge in [-0.1, -0.05) is 25.8 Å². The summed E-state index contributed by atoms with van der Waals surface area (Å²) >= 11 is 0. The Kier molecular flexibility index (Phi) is 2.33. The SMILES string of the molecule is C#Cc1c[c]cc(C(C)C)c1. The van der Waals surface area contributed by atoms with E-state index in [4.69, 9.17) is 6.42 Å². The Balaban J connectivity index is 3.03. The molecule has 0 N–H and O–H groups in total. The molecule has 0 fully saturated rings. The lowest BCUT2D eigenvalue weighted by Gasteiger charge is -2.03. The third-order valence-electron chi connectivity index (χ3n) is 1.64. The lowest BCUT2D eigenvalue weighted by molar-refractivity contribution is 0.866. The van der Waals surface area contributed by atoms with Crippen LogP contribution in [0.15, 0.2) is 18.2 Å². The summed E-state index contributed by atoms with van der Waals surface area (Å²) in [4.78, 5) is 0. The average Bonchev–Trinajstić information content (AvgIpc) is 2.05. The number of terminal acetylenes is 1. The van der Waals surface area contributed by atoms with Crippen molar-refractivity contribution in [2.24, 2.45) is 0 Å². The molecule has 0 nitrogen and oxygen atoms in total. The molecule has 1 radical (unpaired) electrons. The van der Waals surface area contributed by atoms with E-state index in [0.29, 0.717) is 5.92 Å². The van der Waals surface area contributed by atoms with Crippen LogP contribution < -0.4 is 0 Å². The van der Waals surface area contributed by atoms with Gasteiger partial charge in [-0.3, -0.25) is 0 Å². The summed E-state index contributed by atoms with van der Waals surface area (Å²) in [5.74, 6) is 3.12. The Morgan fingerprint density at radius 1 is 1.45 bits per heavy atom. The zero-order chi connectivity index (χ0) is 8.27. The second-order valence-electron chi connectivity index (χ2n) is 2.85. The van der Waals surface area contributed by atoms with Crippen LogP contribution in [0.2, 0.25) is 0 Å². The lowest BCUT2D eigenvalue weighted by Crippen LogP contribution is -1.87. The van der Waals surface area contributed by atoms with Gasteiger partial charge in [0.05, 0.1) is 0 Å². The molecule has 0 amide bonds. The minimum absolute atomic E-state index is 0.527. The molecule has 0 spiro atoms. The molecule has 0 unspecified atom stereocenters. The van der Waals surface area contributed by atoms with Crippen LogP contribution in [0.4, 0.5) is 0 Å². The maximum absolute atomic E-state index is 5.25. The number of rotatable bonds is 1. The van der Waals surface area contributed by atoms with Gasteiger partial charge in [0.1, 0.15) is 0 Å². The Labute approximate surface area is 68.3 Å². The van der Waals surface area contributed by atoms with Crippen molar-refractivity contribution in [2.45, 2.75) is 19.8 Å². The number of hydrogen-bond donors (Lipinski definition) is 0. The zero-order valence-corrected chi connectivity index (χ0v) is 6.89. The highest BCUT2D eigenvalue weighted by molar-refractivity contribution is 5.35. The molecular weight excluding hydrogens is 132 g/mol. The van der Waals surface area contributed by atoms with Gasteiger partial charge in [-0.2, -0.15) is 0 Å². The van der Waals surface area contributed by atoms with Crippen LogP contribution in [-0.4, -0.2) is 0 Å². The first-order valence-electron chi connectivity index (χ1n) is 3.71. The van der Waals surface area contributed by atoms with Crippen LogP contribution in [0.1, 0.15) is 30.9 Å². The highest BCUT2D eigenvalue weighted by atomic mass is 14.0. The van der Waals surface area contributed by atoms with Crippen LogP contribution >= 0.6 is 0 Å². The largest absolute Gasteiger partial charge is 0.115 e. The Morgan fingerprint density at radius 2 is 2.18 bits per heavy atom. The summed E-state index contributed by atoms with van der Waals surface area (Å²) in [6, 6.07) is 8.85. The molecule has 0 atom stereocenters. The summed E-state index contributed by atoms with van der Waals surface area (Å²) in [5.41, 5.74) is 2.16. The minimum Gasteiger partial charge on any atom is -0.115 e. The van der Waals surface area contributed by atoms with Gasteiger partial charge in [-0.25, -0.2) is 0 Å². The van der Waals surface area contributed by atoms with Gasteiger partial charge < -0.3 is 0 Å². The zero-order valence-electron chi connectivity index (χ0n) is 6.89. The molecule has 0 aliphatic rings. The second kappa shape index (κ2) is 3.25. The number of hydrogen-bond acceptors (Lipinski definition) is 0. The summed E-state index contributed by atoms with van der Waals surface area (Å²) in [6.07, 6.45) is 5.25. The predicted molar refractivity (Wildman–Crippen MR) is 47.3 cm³/mol. The summed E-state index contributed by atoms with van der Waals surface area (Å²) < 4.78 is 0. The molecule has 1 rings (SSSR count). The average molecular weight is 143 g/mol. The fraction of sp³-hybridized carbons (Fsp3) is 0.273. The van der Waals surface area contributed by atoms with E-state index in [-0.39, 0.29) is 0 Å². The van der Waals surface area contributed by atoms with E-state index >= 15 is 0 Å². The van der Waals surface area contributed by atoms with Crippen LogP contribution in [-0.2, 0) is 0 Å². The molecule has 0 saturated carbocycles. The van der Waals surface area contributed by atoms with E-state index in [1.54, 1.807) is 0 Å². The van der Waals surface area contributed by atoms with Crippen molar-refractivity contribution in [1.82, 2.24) is 0 Å². The number of benzene rings is 1. The minimum atomic E-state index is 0.527. The molecule has 1 aromatic rings. The monoisotopic (exact) mass is 143 g/mol. The van der Waals surface area contributed by atoms with E-state index in [1.165, 1.54) is 5.56 Å². The second-order valence-corrected chi connectivity index (χ2v) is 2.85. The van der Waals surface area contributed by atoms with Crippen molar-refractivity contribution in [3.05, 3.63) is 35.4 Å². The maximum atomic E-state index is 5.25. The van der Waals surface area contributed by atoms with E-state index in [0.717, 1.165) is 5.56 Å². The van der Waals surface area contributed by atoms with Crippen LogP contribution in [0, 0.1) is 18.4 Å². The van der Waals surface area contributed by atoms with Crippen molar-refractivity contribution in [2.75, 3.05) is 0 Å². The summed E-state index contributed by atoms with van der Waals surface area (Å²) in [5, 5.41) is 0. The molecule has 0 saturated heterocycles. The van der Waals surface area contributed by atoms with Crippen molar-refractivity contribution in [1.29, 1.82) is 0 Å². The topological polar surface area (TPSA) is 0 Å². The van der Waals surface area contributed by atoms with Crippen molar-refractivity contribution in [3.63, 3.8) is 0 Å². The standard InChI is InChI=1S/C11H11/c1-4-10-6-5-7-11(8-10)9(2)3/h1,6-9H,2-3H3. The molecule has 0 heterocycles. The molecule has 0 bridgehead atoms. The van der Waals surface area contributed by atoms with Crippen molar-refractivity contribution >= 4 is 0 Å². The first-order valence-corrected chi connectivity index (χ1v) is 3.71. The van der Waals surface area contributed by atoms with Crippen LogP contribution in [0.25, 0.3) is 0 Å². The maximum Gasteiger partial charge on any atom is 0.0251 e. The fourth-order valence-corrected chi connectivity index (χ4v) is 0.907. The molecule has 0 heteroatoms. The van der Waals surface area contributed by atoms with Crippen LogP contribution in [0.3, 0.4) is 0 Å². The highest BCUT2D eigenvalue weighted by Crippen LogP contribution is 2.14. The quantitative estimate of drug-likeness (QED) is 0.530. The van der Waals surface area contributed by atoms with E-state index in [1.807, 2.05) is 18.2 Å². The third-order valence-corrected chi connectivity index (χ3v) is 1.64. The molecule has 0 aliphatic heterocycles. The van der Waals surface area contributed by atoms with Gasteiger partial charge in [0, 0.05) is 5.56 Å². The van der Waals surface area contributed by atoms with E-state index < -0.39 is 0 Å². The Hall–Kier alpha value is -1.22. The molecule has 0 aromatic heterocycles. The van der Waals surface area contributed by atoms with Gasteiger partial charge in [-0.15, -0.1) is 6.42 Å². The normalized spacial score (nSPS) is 9.64. The fourth-order valence-electron chi connectivity index (χ4n) is 0.907. The molecular formula is C11H11. The summed E-state index contributed by atoms with van der Waals surface area (Å²) in [6.45, 7) is 4.28. The predicted octanol–water partition coefficient (Wildman–Crippen LogP) is 2.59. The lowest BCUT2D eigenvalue weighted by atomic mass is 10.0. The highest BCUT2D eigenvalue weighted by Gasteiger charge is 1.97. The van der Waals surface area contributed by atoms with E-state index in [2.05, 4.69) is 25.8 Å². The van der Waals surface area contributed by atoms with Gasteiger partial charge in [0.15, 0.2) is 0 Å². The van der Waals surface area contributed by atoms with Crippen molar-refractivity contribution < 1.29 is 0 Å². The molecule has 0 aliphatic carbocycles. The summed E-state index contributed by atoms with van der Waals surface area (Å²) in [7, 11) is 0. The smallest absolute Gasteiger partial charge is 0.0251 e.